The van der Waals surface area contributed by atoms with Gasteiger partial charge in [-0.2, -0.15) is 0 Å². The minimum atomic E-state index is -0.422. The Morgan fingerprint density at radius 3 is 2.58 bits per heavy atom. The van der Waals surface area contributed by atoms with Crippen molar-refractivity contribution in [1.82, 2.24) is 15.4 Å². The average molecular weight is 329 g/mol. The summed E-state index contributed by atoms with van der Waals surface area (Å²) >= 11 is 0. The highest BCUT2D eigenvalue weighted by atomic mass is 16.5. The Balaban J connectivity index is 1.89. The number of hydrazine groups is 1. The van der Waals surface area contributed by atoms with E-state index >= 15 is 0 Å². The fraction of sp³-hybridized carbons (Fsp3) is 0.333. The van der Waals surface area contributed by atoms with Crippen LogP contribution in [0.25, 0.3) is 0 Å². The predicted octanol–water partition coefficient (Wildman–Crippen LogP) is 2.30. The molecule has 24 heavy (non-hydrogen) atoms. The number of carbonyl (C=O) groups is 2. The molecule has 1 aromatic carbocycles. The van der Waals surface area contributed by atoms with Crippen LogP contribution in [0.2, 0.25) is 0 Å². The summed E-state index contributed by atoms with van der Waals surface area (Å²) in [5.74, 6) is 0.178. The van der Waals surface area contributed by atoms with Crippen LogP contribution < -0.4 is 15.6 Å². The maximum atomic E-state index is 11.9. The number of nitrogens with zero attached hydrogens (tertiary/aromatic N) is 1. The maximum Gasteiger partial charge on any atom is 0.286 e. The van der Waals surface area contributed by atoms with E-state index in [0.717, 1.165) is 11.1 Å². The van der Waals surface area contributed by atoms with Crippen molar-refractivity contribution in [2.45, 2.75) is 26.7 Å². The molecule has 0 radical (unpaired) electrons. The van der Waals surface area contributed by atoms with Gasteiger partial charge >= 0.3 is 0 Å². The first-order valence-electron chi connectivity index (χ1n) is 7.82. The summed E-state index contributed by atoms with van der Waals surface area (Å²) in [6, 6.07) is 9.35. The van der Waals surface area contributed by atoms with Crippen molar-refractivity contribution in [3.8, 4) is 5.75 Å². The van der Waals surface area contributed by atoms with E-state index in [1.165, 1.54) is 0 Å². The maximum absolute atomic E-state index is 11.9. The van der Waals surface area contributed by atoms with Crippen LogP contribution in [0.15, 0.2) is 36.5 Å². The molecule has 0 saturated carbocycles. The number of rotatable bonds is 5. The molecule has 0 bridgehead atoms. The number of benzene rings is 1. The van der Waals surface area contributed by atoms with Crippen molar-refractivity contribution in [1.29, 1.82) is 0 Å². The number of nitrogens with one attached hydrogen (secondary N) is 2. The second-order valence-electron chi connectivity index (χ2n) is 5.99. The summed E-state index contributed by atoms with van der Waals surface area (Å²) in [4.78, 5) is 23.8. The van der Waals surface area contributed by atoms with Crippen molar-refractivity contribution in [2.24, 2.45) is 7.05 Å². The second-order valence-corrected chi connectivity index (χ2v) is 5.99. The highest BCUT2D eigenvalue weighted by Gasteiger charge is 2.12. The summed E-state index contributed by atoms with van der Waals surface area (Å²) in [6.07, 6.45) is 1.75. The average Bonchev–Trinajstić information content (AvgIpc) is 2.96. The van der Waals surface area contributed by atoms with Crippen LogP contribution in [-0.2, 0) is 11.8 Å². The van der Waals surface area contributed by atoms with E-state index in [2.05, 4.69) is 24.7 Å². The SMILES string of the molecule is Cc1ccc(C(C)C)c(OCC(=O)NNC(=O)c2cccn2C)c1. The second kappa shape index (κ2) is 7.68. The highest BCUT2D eigenvalue weighted by molar-refractivity contribution is 5.94. The van der Waals surface area contributed by atoms with Gasteiger partial charge in [-0.15, -0.1) is 0 Å². The molecule has 0 saturated heterocycles. The van der Waals surface area contributed by atoms with Gasteiger partial charge in [0.2, 0.25) is 0 Å². The molecule has 2 amide bonds. The van der Waals surface area contributed by atoms with E-state index in [0.29, 0.717) is 17.4 Å². The highest BCUT2D eigenvalue weighted by Crippen LogP contribution is 2.27. The number of hydrogen-bond donors (Lipinski definition) is 2. The minimum Gasteiger partial charge on any atom is -0.483 e. The van der Waals surface area contributed by atoms with Gasteiger partial charge in [-0.05, 0) is 42.2 Å². The summed E-state index contributed by atoms with van der Waals surface area (Å²) in [6.45, 7) is 5.93. The van der Waals surface area contributed by atoms with Gasteiger partial charge in [-0.3, -0.25) is 20.4 Å². The van der Waals surface area contributed by atoms with E-state index in [4.69, 9.17) is 4.74 Å². The van der Waals surface area contributed by atoms with Crippen molar-refractivity contribution in [3.63, 3.8) is 0 Å². The van der Waals surface area contributed by atoms with Crippen molar-refractivity contribution in [2.75, 3.05) is 6.61 Å². The molecule has 0 unspecified atom stereocenters. The van der Waals surface area contributed by atoms with E-state index < -0.39 is 5.91 Å². The molecule has 0 aliphatic carbocycles. The van der Waals surface area contributed by atoms with Crippen molar-refractivity contribution >= 4 is 11.8 Å². The molecular weight excluding hydrogens is 306 g/mol. The minimum absolute atomic E-state index is 0.170. The Labute approximate surface area is 141 Å². The number of aryl methyl sites for hydroxylation is 2. The number of amides is 2. The Morgan fingerprint density at radius 1 is 1.21 bits per heavy atom. The zero-order valence-corrected chi connectivity index (χ0v) is 14.4. The lowest BCUT2D eigenvalue weighted by molar-refractivity contribution is -0.123. The van der Waals surface area contributed by atoms with Gasteiger partial charge in [-0.25, -0.2) is 0 Å². The first kappa shape index (κ1) is 17.6. The first-order valence-corrected chi connectivity index (χ1v) is 7.82. The Hall–Kier alpha value is -2.76. The summed E-state index contributed by atoms with van der Waals surface area (Å²) < 4.78 is 7.29. The van der Waals surface area contributed by atoms with Crippen molar-refractivity contribution < 1.29 is 14.3 Å². The fourth-order valence-corrected chi connectivity index (χ4v) is 2.31. The standard InChI is InChI=1S/C18H23N3O3/c1-12(2)14-8-7-13(3)10-16(14)24-11-17(22)19-20-18(23)15-6-5-9-21(15)4/h5-10,12H,11H2,1-4H3,(H,19,22)(H,20,23). The Morgan fingerprint density at radius 2 is 1.96 bits per heavy atom. The van der Waals surface area contributed by atoms with Crippen molar-refractivity contribution in [3.05, 3.63) is 53.3 Å². The van der Waals surface area contributed by atoms with E-state index in [-0.39, 0.29) is 12.5 Å². The molecule has 0 aliphatic rings. The molecule has 0 fully saturated rings. The van der Waals surface area contributed by atoms with Gasteiger partial charge < -0.3 is 9.30 Å². The normalized spacial score (nSPS) is 10.5. The monoisotopic (exact) mass is 329 g/mol. The molecular formula is C18H23N3O3. The fourth-order valence-electron chi connectivity index (χ4n) is 2.31. The molecule has 1 aromatic heterocycles. The third kappa shape index (κ3) is 4.38. The molecule has 0 atom stereocenters. The molecule has 2 N–H and O–H groups in total. The van der Waals surface area contributed by atoms with Crippen LogP contribution in [0.1, 0.15) is 41.4 Å². The number of ether oxygens (including phenoxy) is 1. The van der Waals surface area contributed by atoms with E-state index in [9.17, 15) is 9.59 Å². The summed E-state index contributed by atoms with van der Waals surface area (Å²) in [5, 5.41) is 0. The third-order valence-electron chi connectivity index (χ3n) is 3.64. The summed E-state index contributed by atoms with van der Waals surface area (Å²) in [5.41, 5.74) is 7.29. The predicted molar refractivity (Wildman–Crippen MR) is 91.8 cm³/mol. The quantitative estimate of drug-likeness (QED) is 0.827. The number of carbonyl (C=O) groups excluding carboxylic acids is 2. The molecule has 2 rings (SSSR count). The lowest BCUT2D eigenvalue weighted by Crippen LogP contribution is -2.44. The molecule has 128 valence electrons. The molecule has 0 spiro atoms. The Kier molecular flexibility index (Phi) is 5.63. The third-order valence-corrected chi connectivity index (χ3v) is 3.64. The molecule has 0 aliphatic heterocycles. The lowest BCUT2D eigenvalue weighted by Gasteiger charge is -2.15. The molecule has 6 heteroatoms. The topological polar surface area (TPSA) is 72.4 Å². The first-order chi connectivity index (χ1) is 11.4. The Bertz CT molecular complexity index is 735. The largest absolute Gasteiger partial charge is 0.483 e. The van der Waals surface area contributed by atoms with E-state index in [1.54, 1.807) is 29.9 Å². The van der Waals surface area contributed by atoms with Gasteiger partial charge in [0.1, 0.15) is 11.4 Å². The zero-order valence-electron chi connectivity index (χ0n) is 14.4. The van der Waals surface area contributed by atoms with Crippen LogP contribution >= 0.6 is 0 Å². The number of hydrogen-bond acceptors (Lipinski definition) is 3. The smallest absolute Gasteiger partial charge is 0.286 e. The van der Waals surface area contributed by atoms with Crippen LogP contribution in [0.3, 0.4) is 0 Å². The van der Waals surface area contributed by atoms with Crippen LogP contribution in [-0.4, -0.2) is 23.0 Å². The lowest BCUT2D eigenvalue weighted by atomic mass is 10.0. The van der Waals surface area contributed by atoms with Gasteiger partial charge in [0.15, 0.2) is 6.61 Å². The molecule has 6 nitrogen and oxygen atoms in total. The van der Waals surface area contributed by atoms with Crippen LogP contribution in [0, 0.1) is 6.92 Å². The molecule has 1 heterocycles. The summed E-state index contributed by atoms with van der Waals surface area (Å²) in [7, 11) is 1.75. The number of aromatic nitrogens is 1. The molecule has 2 aromatic rings. The van der Waals surface area contributed by atoms with Crippen LogP contribution in [0.4, 0.5) is 0 Å². The van der Waals surface area contributed by atoms with Gasteiger partial charge in [-0.1, -0.05) is 26.0 Å². The van der Waals surface area contributed by atoms with Gasteiger partial charge in [0, 0.05) is 13.2 Å². The van der Waals surface area contributed by atoms with Gasteiger partial charge in [0.05, 0.1) is 0 Å². The van der Waals surface area contributed by atoms with Gasteiger partial charge in [0.25, 0.3) is 11.8 Å². The zero-order chi connectivity index (χ0) is 17.7. The van der Waals surface area contributed by atoms with Crippen LogP contribution in [0.5, 0.6) is 5.75 Å². The van der Waals surface area contributed by atoms with E-state index in [1.807, 2.05) is 25.1 Å².